The molecular formula is C24H26N5O2-. The van der Waals surface area contributed by atoms with Crippen molar-refractivity contribution in [1.29, 1.82) is 0 Å². The fourth-order valence-corrected chi connectivity index (χ4v) is 3.48. The Hall–Kier alpha value is -3.48. The second-order valence-corrected chi connectivity index (χ2v) is 7.71. The van der Waals surface area contributed by atoms with Crippen LogP contribution in [-0.2, 0) is 12.8 Å². The summed E-state index contributed by atoms with van der Waals surface area (Å²) in [7, 11) is 0. The largest absolute Gasteiger partial charge is 0.858 e. The number of aryl methyl sites for hydroxylation is 1. The number of aliphatic imine (C=N–C) groups is 1. The third-order valence-electron chi connectivity index (χ3n) is 5.27. The van der Waals surface area contributed by atoms with E-state index in [1.165, 1.54) is 5.56 Å². The minimum atomic E-state index is -0.236. The van der Waals surface area contributed by atoms with Gasteiger partial charge < -0.3 is 15.4 Å². The van der Waals surface area contributed by atoms with Crippen LogP contribution in [0, 0.1) is 0 Å². The molecule has 0 aliphatic heterocycles. The van der Waals surface area contributed by atoms with Gasteiger partial charge in [-0.15, -0.1) is 5.10 Å². The summed E-state index contributed by atoms with van der Waals surface area (Å²) in [5, 5.41) is 23.5. The van der Waals surface area contributed by atoms with E-state index in [1.54, 1.807) is 16.8 Å². The predicted molar refractivity (Wildman–Crippen MR) is 117 cm³/mol. The van der Waals surface area contributed by atoms with Crippen molar-refractivity contribution >= 4 is 11.8 Å². The molecule has 1 aliphatic rings. The molecule has 1 aromatic heterocycles. The smallest absolute Gasteiger partial charge is 0.273 e. The zero-order chi connectivity index (χ0) is 21.6. The normalized spacial score (nSPS) is 13.9. The molecule has 31 heavy (non-hydrogen) atoms. The summed E-state index contributed by atoms with van der Waals surface area (Å²) in [5.41, 5.74) is 3.71. The number of nitrogens with one attached hydrogen (secondary N) is 1. The molecule has 0 atom stereocenters. The quantitative estimate of drug-likeness (QED) is 0.428. The van der Waals surface area contributed by atoms with Crippen LogP contribution in [0.2, 0.25) is 0 Å². The van der Waals surface area contributed by atoms with Crippen LogP contribution in [-0.4, -0.2) is 39.4 Å². The van der Waals surface area contributed by atoms with Crippen LogP contribution in [0.15, 0.2) is 59.6 Å². The number of aromatic nitrogens is 3. The van der Waals surface area contributed by atoms with Crippen molar-refractivity contribution < 1.29 is 9.90 Å². The second kappa shape index (κ2) is 9.55. The highest BCUT2D eigenvalue weighted by Crippen LogP contribution is 2.21. The Morgan fingerprint density at radius 1 is 1.13 bits per heavy atom. The van der Waals surface area contributed by atoms with Crippen molar-refractivity contribution in [1.82, 2.24) is 20.3 Å². The molecule has 0 radical (unpaired) electrons. The number of nitrogens with zero attached hydrogens (tertiary/aromatic N) is 4. The highest BCUT2D eigenvalue weighted by Gasteiger charge is 2.27. The molecule has 160 valence electrons. The van der Waals surface area contributed by atoms with Gasteiger partial charge in [0.2, 0.25) is 0 Å². The van der Waals surface area contributed by atoms with Crippen molar-refractivity contribution in [2.24, 2.45) is 4.99 Å². The van der Waals surface area contributed by atoms with Crippen molar-refractivity contribution in [2.75, 3.05) is 6.54 Å². The number of hydrogen-bond acceptors (Lipinski definition) is 5. The first-order chi connectivity index (χ1) is 15.2. The Morgan fingerprint density at radius 2 is 1.87 bits per heavy atom. The average Bonchev–Trinajstić information content (AvgIpc) is 3.51. The van der Waals surface area contributed by atoms with Gasteiger partial charge in [0.25, 0.3) is 5.91 Å². The summed E-state index contributed by atoms with van der Waals surface area (Å²) in [6.07, 6.45) is 4.47. The highest BCUT2D eigenvalue weighted by atomic mass is 16.3. The van der Waals surface area contributed by atoms with E-state index in [9.17, 15) is 9.90 Å². The summed E-state index contributed by atoms with van der Waals surface area (Å²) in [5.74, 6) is -0.405. The molecule has 1 saturated carbocycles. The number of hydrogen-bond donors (Lipinski definition) is 1. The van der Waals surface area contributed by atoms with Gasteiger partial charge in [-0.3, -0.25) is 4.79 Å². The maximum Gasteiger partial charge on any atom is 0.273 e. The van der Waals surface area contributed by atoms with Gasteiger partial charge in [-0.25, -0.2) is 4.68 Å². The number of carbonyl (C=O) groups excluding carboxylic acids is 1. The number of carbonyl (C=O) groups is 1. The first-order valence-corrected chi connectivity index (χ1v) is 10.8. The van der Waals surface area contributed by atoms with Crippen LogP contribution in [0.3, 0.4) is 0 Å². The third-order valence-corrected chi connectivity index (χ3v) is 5.27. The summed E-state index contributed by atoms with van der Waals surface area (Å²) in [6.45, 7) is 2.28. The fourth-order valence-electron chi connectivity index (χ4n) is 3.48. The van der Waals surface area contributed by atoms with E-state index >= 15 is 0 Å². The van der Waals surface area contributed by atoms with Crippen LogP contribution >= 0.6 is 0 Å². The number of amides is 1. The van der Waals surface area contributed by atoms with Gasteiger partial charge >= 0.3 is 0 Å². The molecule has 7 nitrogen and oxygen atoms in total. The van der Waals surface area contributed by atoms with Crippen molar-refractivity contribution in [3.05, 3.63) is 77.1 Å². The Balaban J connectivity index is 1.57. The van der Waals surface area contributed by atoms with E-state index in [0.29, 0.717) is 24.2 Å². The lowest BCUT2D eigenvalue weighted by molar-refractivity contribution is -0.213. The summed E-state index contributed by atoms with van der Waals surface area (Å²) in [6, 6.07) is 17.6. The molecule has 1 N–H and O–H groups in total. The van der Waals surface area contributed by atoms with Gasteiger partial charge in [0.15, 0.2) is 5.69 Å². The second-order valence-electron chi connectivity index (χ2n) is 7.71. The SMILES string of the molecule is CCN=C([O-])c1ccc(-n2nnc(C(=O)NC3CC3)c2CCCc2ccccc2)cc1. The van der Waals surface area contributed by atoms with Gasteiger partial charge in [0.05, 0.1) is 11.4 Å². The molecule has 1 heterocycles. The average molecular weight is 417 g/mol. The maximum absolute atomic E-state index is 12.7. The molecule has 7 heteroatoms. The van der Waals surface area contributed by atoms with Crippen molar-refractivity contribution in [2.45, 2.75) is 45.1 Å². The van der Waals surface area contributed by atoms with E-state index in [-0.39, 0.29) is 17.8 Å². The highest BCUT2D eigenvalue weighted by molar-refractivity contribution is 5.94. The molecule has 1 fully saturated rings. The lowest BCUT2D eigenvalue weighted by Gasteiger charge is -2.12. The molecule has 0 spiro atoms. The Labute approximate surface area is 181 Å². The maximum atomic E-state index is 12.7. The van der Waals surface area contributed by atoms with E-state index in [0.717, 1.165) is 37.1 Å². The van der Waals surface area contributed by atoms with Crippen LogP contribution in [0.1, 0.15) is 53.5 Å². The van der Waals surface area contributed by atoms with Crippen molar-refractivity contribution in [3.8, 4) is 5.69 Å². The number of benzene rings is 2. The molecule has 0 bridgehead atoms. The standard InChI is InChI=1S/C24H27N5O2/c1-2-25-23(30)18-11-15-20(16-12-18)29-21(10-6-9-17-7-4-3-5-8-17)22(27-28-29)24(31)26-19-13-14-19/h3-5,7-8,11-12,15-16,19H,2,6,9-10,13-14H2,1H3,(H,25,30)(H,26,31)/p-1. The molecule has 2 aromatic carbocycles. The van der Waals surface area contributed by atoms with E-state index in [2.05, 4.69) is 32.8 Å². The zero-order valence-corrected chi connectivity index (χ0v) is 17.6. The van der Waals surface area contributed by atoms with Crippen LogP contribution in [0.5, 0.6) is 0 Å². The Bertz CT molecular complexity index is 1050. The molecule has 0 saturated heterocycles. The van der Waals surface area contributed by atoms with E-state index < -0.39 is 0 Å². The number of rotatable bonds is 9. The minimum Gasteiger partial charge on any atom is -0.858 e. The molecular weight excluding hydrogens is 390 g/mol. The molecule has 4 rings (SSSR count). The predicted octanol–water partition coefficient (Wildman–Crippen LogP) is 2.46. The Kier molecular flexibility index (Phi) is 6.40. The lowest BCUT2D eigenvalue weighted by Crippen LogP contribution is -2.27. The van der Waals surface area contributed by atoms with Crippen LogP contribution in [0.4, 0.5) is 0 Å². The topological polar surface area (TPSA) is 95.2 Å². The van der Waals surface area contributed by atoms with Gasteiger partial charge in [-0.1, -0.05) is 47.7 Å². The molecule has 0 unspecified atom stereocenters. The van der Waals surface area contributed by atoms with Crippen LogP contribution in [0.25, 0.3) is 5.69 Å². The third kappa shape index (κ3) is 5.17. The van der Waals surface area contributed by atoms with Crippen LogP contribution < -0.4 is 10.4 Å². The first kappa shape index (κ1) is 20.8. The Morgan fingerprint density at radius 3 is 2.55 bits per heavy atom. The van der Waals surface area contributed by atoms with Gasteiger partial charge in [0.1, 0.15) is 0 Å². The lowest BCUT2D eigenvalue weighted by atomic mass is 10.1. The fraction of sp³-hybridized carbons (Fsp3) is 0.333. The summed E-state index contributed by atoms with van der Waals surface area (Å²) in [4.78, 5) is 16.6. The van der Waals surface area contributed by atoms with E-state index in [1.807, 2.05) is 37.3 Å². The molecule has 1 aliphatic carbocycles. The minimum absolute atomic E-state index is 0.169. The molecule has 3 aromatic rings. The summed E-state index contributed by atoms with van der Waals surface area (Å²) < 4.78 is 1.71. The van der Waals surface area contributed by atoms with Crippen molar-refractivity contribution in [3.63, 3.8) is 0 Å². The monoisotopic (exact) mass is 416 g/mol. The zero-order valence-electron chi connectivity index (χ0n) is 17.6. The first-order valence-electron chi connectivity index (χ1n) is 10.8. The summed E-state index contributed by atoms with van der Waals surface area (Å²) >= 11 is 0. The van der Waals surface area contributed by atoms with Gasteiger partial charge in [0, 0.05) is 12.6 Å². The van der Waals surface area contributed by atoms with Gasteiger partial charge in [-0.2, -0.15) is 0 Å². The van der Waals surface area contributed by atoms with Gasteiger partial charge in [-0.05, 0) is 68.2 Å². The van der Waals surface area contributed by atoms with E-state index in [4.69, 9.17) is 0 Å². The molecule has 1 amide bonds.